The van der Waals surface area contributed by atoms with E-state index in [1.807, 2.05) is 12.5 Å². The van der Waals surface area contributed by atoms with Crippen molar-refractivity contribution in [1.29, 1.82) is 0 Å². The molecule has 0 spiro atoms. The largest absolute Gasteiger partial charge is 0.333 e. The van der Waals surface area contributed by atoms with Gasteiger partial charge in [-0.15, -0.1) is 0 Å². The Morgan fingerprint density at radius 3 is 2.90 bits per heavy atom. The highest BCUT2D eigenvalue weighted by Gasteiger charge is 2.29. The lowest BCUT2D eigenvalue weighted by Gasteiger charge is -2.27. The van der Waals surface area contributed by atoms with Crippen LogP contribution in [0.25, 0.3) is 0 Å². The molecule has 20 heavy (non-hydrogen) atoms. The molecule has 0 aliphatic heterocycles. The molecule has 1 N–H and O–H groups in total. The Kier molecular flexibility index (Phi) is 3.88. The van der Waals surface area contributed by atoms with Gasteiger partial charge in [-0.3, -0.25) is 0 Å². The zero-order valence-corrected chi connectivity index (χ0v) is 12.3. The second kappa shape index (κ2) is 5.80. The number of aromatic nitrogens is 2. The van der Waals surface area contributed by atoms with Crippen molar-refractivity contribution >= 4 is 0 Å². The molecular weight excluding hydrogens is 246 g/mol. The molecule has 0 bridgehead atoms. The molecule has 1 aromatic heterocycles. The van der Waals surface area contributed by atoms with Gasteiger partial charge in [0.15, 0.2) is 0 Å². The van der Waals surface area contributed by atoms with E-state index in [0.29, 0.717) is 18.1 Å². The van der Waals surface area contributed by atoms with E-state index in [1.165, 1.54) is 30.4 Å². The smallest absolute Gasteiger partial charge is 0.0949 e. The molecule has 3 rings (SSSR count). The molecule has 106 valence electrons. The maximum atomic E-state index is 4.19. The standard InChI is InChI=1S/C17H23N3/c1-13-6-3-4-7-15(13)14(2)19-16-8-5-9-17(16)20-11-10-18-12-20/h3-4,6-7,10-12,14,16-17,19H,5,8-9H2,1-2H3. The predicted octanol–water partition coefficient (Wildman–Crippen LogP) is 3.64. The lowest BCUT2D eigenvalue weighted by molar-refractivity contribution is 0.362. The molecule has 1 aliphatic rings. The van der Waals surface area contributed by atoms with Gasteiger partial charge in [-0.1, -0.05) is 24.3 Å². The van der Waals surface area contributed by atoms with Crippen LogP contribution in [-0.2, 0) is 0 Å². The van der Waals surface area contributed by atoms with Crippen molar-refractivity contribution in [3.8, 4) is 0 Å². The van der Waals surface area contributed by atoms with Crippen LogP contribution >= 0.6 is 0 Å². The summed E-state index contributed by atoms with van der Waals surface area (Å²) in [6, 6.07) is 10.1. The first-order valence-electron chi connectivity index (χ1n) is 7.54. The highest BCUT2D eigenvalue weighted by atomic mass is 15.1. The highest BCUT2D eigenvalue weighted by molar-refractivity contribution is 5.28. The van der Waals surface area contributed by atoms with Gasteiger partial charge in [0.2, 0.25) is 0 Å². The Hall–Kier alpha value is -1.61. The van der Waals surface area contributed by atoms with Crippen molar-refractivity contribution in [2.45, 2.75) is 51.2 Å². The average molecular weight is 269 g/mol. The normalized spacial score (nSPS) is 23.9. The summed E-state index contributed by atoms with van der Waals surface area (Å²) in [5.41, 5.74) is 2.77. The molecule has 1 aromatic carbocycles. The lowest BCUT2D eigenvalue weighted by Crippen LogP contribution is -2.35. The van der Waals surface area contributed by atoms with Crippen LogP contribution in [0.15, 0.2) is 43.0 Å². The van der Waals surface area contributed by atoms with Gasteiger partial charge >= 0.3 is 0 Å². The summed E-state index contributed by atoms with van der Waals surface area (Å²) in [7, 11) is 0. The third kappa shape index (κ3) is 2.63. The quantitative estimate of drug-likeness (QED) is 0.918. The molecule has 1 heterocycles. The number of nitrogens with zero attached hydrogens (tertiary/aromatic N) is 2. The van der Waals surface area contributed by atoms with Crippen LogP contribution in [0.2, 0.25) is 0 Å². The van der Waals surface area contributed by atoms with Gasteiger partial charge in [-0.25, -0.2) is 4.98 Å². The van der Waals surface area contributed by atoms with Crippen molar-refractivity contribution in [2.24, 2.45) is 0 Å². The summed E-state index contributed by atoms with van der Waals surface area (Å²) >= 11 is 0. The summed E-state index contributed by atoms with van der Waals surface area (Å²) in [5.74, 6) is 0. The third-order valence-electron chi connectivity index (χ3n) is 4.51. The summed E-state index contributed by atoms with van der Waals surface area (Å²) in [6.45, 7) is 4.46. The Labute approximate surface area is 121 Å². The maximum absolute atomic E-state index is 4.19. The molecule has 1 saturated carbocycles. The molecule has 0 radical (unpaired) electrons. The van der Waals surface area contributed by atoms with Crippen LogP contribution in [0.5, 0.6) is 0 Å². The zero-order chi connectivity index (χ0) is 13.9. The number of hydrogen-bond acceptors (Lipinski definition) is 2. The monoisotopic (exact) mass is 269 g/mol. The van der Waals surface area contributed by atoms with E-state index in [1.54, 1.807) is 0 Å². The molecule has 3 heteroatoms. The molecule has 1 aliphatic carbocycles. The van der Waals surface area contributed by atoms with Crippen LogP contribution in [0.4, 0.5) is 0 Å². The second-order valence-corrected chi connectivity index (χ2v) is 5.86. The summed E-state index contributed by atoms with van der Waals surface area (Å²) in [6.07, 6.45) is 9.70. The zero-order valence-electron chi connectivity index (χ0n) is 12.3. The van der Waals surface area contributed by atoms with Crippen LogP contribution in [0.3, 0.4) is 0 Å². The summed E-state index contributed by atoms with van der Waals surface area (Å²) in [5, 5.41) is 3.83. The fraction of sp³-hybridized carbons (Fsp3) is 0.471. The van der Waals surface area contributed by atoms with E-state index in [0.717, 1.165) is 0 Å². The van der Waals surface area contributed by atoms with Crippen LogP contribution in [-0.4, -0.2) is 15.6 Å². The summed E-state index contributed by atoms with van der Waals surface area (Å²) in [4.78, 5) is 4.19. The van der Waals surface area contributed by atoms with Gasteiger partial charge in [0.1, 0.15) is 0 Å². The first kappa shape index (κ1) is 13.4. The van der Waals surface area contributed by atoms with Crippen LogP contribution < -0.4 is 5.32 Å². The predicted molar refractivity (Wildman–Crippen MR) is 81.6 cm³/mol. The fourth-order valence-electron chi connectivity index (χ4n) is 3.44. The Balaban J connectivity index is 1.72. The number of aryl methyl sites for hydroxylation is 1. The topological polar surface area (TPSA) is 29.9 Å². The van der Waals surface area contributed by atoms with Crippen molar-refractivity contribution in [1.82, 2.24) is 14.9 Å². The Morgan fingerprint density at radius 1 is 1.30 bits per heavy atom. The van der Waals surface area contributed by atoms with Gasteiger partial charge in [0.25, 0.3) is 0 Å². The molecule has 3 unspecified atom stereocenters. The van der Waals surface area contributed by atoms with Crippen LogP contribution in [0, 0.1) is 6.92 Å². The molecule has 0 saturated heterocycles. The van der Waals surface area contributed by atoms with E-state index in [9.17, 15) is 0 Å². The Bertz CT molecular complexity index is 547. The fourth-order valence-corrected chi connectivity index (χ4v) is 3.44. The SMILES string of the molecule is Cc1ccccc1C(C)NC1CCCC1n1ccnc1. The molecule has 0 amide bonds. The van der Waals surface area contributed by atoms with Gasteiger partial charge < -0.3 is 9.88 Å². The number of hydrogen-bond donors (Lipinski definition) is 1. The van der Waals surface area contributed by atoms with Gasteiger partial charge in [-0.2, -0.15) is 0 Å². The minimum atomic E-state index is 0.394. The Morgan fingerprint density at radius 2 is 2.15 bits per heavy atom. The first-order valence-corrected chi connectivity index (χ1v) is 7.54. The third-order valence-corrected chi connectivity index (χ3v) is 4.51. The van der Waals surface area contributed by atoms with E-state index in [2.05, 4.69) is 59.2 Å². The minimum absolute atomic E-state index is 0.394. The molecular formula is C17H23N3. The van der Waals surface area contributed by atoms with Gasteiger partial charge in [-0.05, 0) is 44.2 Å². The lowest BCUT2D eigenvalue weighted by atomic mass is 10.0. The number of nitrogens with one attached hydrogen (secondary N) is 1. The van der Waals surface area contributed by atoms with Crippen molar-refractivity contribution in [3.05, 3.63) is 54.1 Å². The number of benzene rings is 1. The molecule has 3 nitrogen and oxygen atoms in total. The van der Waals surface area contributed by atoms with Crippen molar-refractivity contribution in [2.75, 3.05) is 0 Å². The van der Waals surface area contributed by atoms with E-state index >= 15 is 0 Å². The number of rotatable bonds is 4. The number of imidazole rings is 1. The molecule has 2 aromatic rings. The van der Waals surface area contributed by atoms with E-state index < -0.39 is 0 Å². The first-order chi connectivity index (χ1) is 9.75. The minimum Gasteiger partial charge on any atom is -0.333 e. The van der Waals surface area contributed by atoms with E-state index in [4.69, 9.17) is 0 Å². The van der Waals surface area contributed by atoms with E-state index in [-0.39, 0.29) is 0 Å². The second-order valence-electron chi connectivity index (χ2n) is 5.86. The maximum Gasteiger partial charge on any atom is 0.0949 e. The molecule has 3 atom stereocenters. The van der Waals surface area contributed by atoms with Crippen LogP contribution in [0.1, 0.15) is 49.4 Å². The molecule has 1 fully saturated rings. The highest BCUT2D eigenvalue weighted by Crippen LogP contribution is 2.32. The van der Waals surface area contributed by atoms with Crippen molar-refractivity contribution in [3.63, 3.8) is 0 Å². The summed E-state index contributed by atoms with van der Waals surface area (Å²) < 4.78 is 2.26. The average Bonchev–Trinajstić information content (AvgIpc) is 3.09. The van der Waals surface area contributed by atoms with Gasteiger partial charge in [0, 0.05) is 30.5 Å². The van der Waals surface area contributed by atoms with Crippen molar-refractivity contribution < 1.29 is 0 Å². The van der Waals surface area contributed by atoms with Gasteiger partial charge in [0.05, 0.1) is 6.33 Å².